The van der Waals surface area contributed by atoms with Gasteiger partial charge in [0.1, 0.15) is 17.4 Å². The van der Waals surface area contributed by atoms with Crippen LogP contribution in [0.1, 0.15) is 22.8 Å². The van der Waals surface area contributed by atoms with Crippen LogP contribution >= 0.6 is 0 Å². The summed E-state index contributed by atoms with van der Waals surface area (Å²) in [4.78, 5) is 8.76. The molecule has 1 aliphatic rings. The number of hydrogen-bond acceptors (Lipinski definition) is 6. The molecule has 7 heteroatoms. The Bertz CT molecular complexity index is 974. The number of nitriles is 1. The fourth-order valence-corrected chi connectivity index (χ4v) is 3.43. The largest absolute Gasteiger partial charge is 0.368 e. The molecule has 1 aliphatic heterocycles. The summed E-state index contributed by atoms with van der Waals surface area (Å²) in [5.41, 5.74) is 1.91. The van der Waals surface area contributed by atoms with E-state index in [-0.39, 0.29) is 5.56 Å². The minimum Gasteiger partial charge on any atom is -0.368 e. The van der Waals surface area contributed by atoms with Crippen molar-refractivity contribution in [2.75, 3.05) is 31.1 Å². The molecule has 4 rings (SSSR count). The van der Waals surface area contributed by atoms with E-state index in [0.29, 0.717) is 43.5 Å². The first kappa shape index (κ1) is 18.1. The first-order valence-electron chi connectivity index (χ1n) is 9.24. The van der Waals surface area contributed by atoms with Crippen molar-refractivity contribution in [3.8, 4) is 6.07 Å². The molecule has 1 saturated heterocycles. The fraction of sp³-hybridized carbons (Fsp3) is 0.286. The summed E-state index contributed by atoms with van der Waals surface area (Å²) in [5.74, 6) is 0.806. The van der Waals surface area contributed by atoms with E-state index in [1.54, 1.807) is 12.1 Å². The molecule has 3 aromatic rings. The Morgan fingerprint density at radius 1 is 1.04 bits per heavy atom. The Kier molecular flexibility index (Phi) is 5.31. The van der Waals surface area contributed by atoms with E-state index >= 15 is 0 Å². The van der Waals surface area contributed by atoms with E-state index in [4.69, 9.17) is 4.52 Å². The van der Waals surface area contributed by atoms with Crippen LogP contribution in [-0.4, -0.2) is 41.2 Å². The van der Waals surface area contributed by atoms with Crippen molar-refractivity contribution in [1.29, 1.82) is 5.26 Å². The maximum absolute atomic E-state index is 13.8. The summed E-state index contributed by atoms with van der Waals surface area (Å²) in [7, 11) is 0. The second kappa shape index (κ2) is 8.19. The zero-order valence-electron chi connectivity index (χ0n) is 15.4. The molecule has 28 heavy (non-hydrogen) atoms. The molecular weight excluding hydrogens is 357 g/mol. The summed E-state index contributed by atoms with van der Waals surface area (Å²) in [6, 6.07) is 16.8. The third-order valence-corrected chi connectivity index (χ3v) is 4.89. The highest BCUT2D eigenvalue weighted by molar-refractivity contribution is 5.60. The first-order valence-corrected chi connectivity index (χ1v) is 9.24. The third kappa shape index (κ3) is 4.02. The number of rotatable bonds is 5. The predicted molar refractivity (Wildman–Crippen MR) is 102 cm³/mol. The molecular formula is C21H20FN5O. The maximum atomic E-state index is 13.8. The Morgan fingerprint density at radius 2 is 1.82 bits per heavy atom. The third-order valence-electron chi connectivity index (χ3n) is 4.89. The molecule has 0 unspecified atom stereocenters. The van der Waals surface area contributed by atoms with Crippen LogP contribution in [0, 0.1) is 17.1 Å². The number of anilines is 1. The number of benzene rings is 2. The topological polar surface area (TPSA) is 69.2 Å². The van der Waals surface area contributed by atoms with Crippen molar-refractivity contribution < 1.29 is 8.91 Å². The molecule has 1 fully saturated rings. The molecule has 2 aromatic carbocycles. The number of hydrogen-bond donors (Lipinski definition) is 0. The van der Waals surface area contributed by atoms with Gasteiger partial charge in [-0.3, -0.25) is 4.90 Å². The number of aromatic nitrogens is 2. The summed E-state index contributed by atoms with van der Waals surface area (Å²) in [6.07, 6.45) is 0.647. The van der Waals surface area contributed by atoms with Crippen LogP contribution in [0.15, 0.2) is 53.1 Å². The quantitative estimate of drug-likeness (QED) is 0.681. The Labute approximate surface area is 162 Å². The minimum atomic E-state index is -0.473. The van der Waals surface area contributed by atoms with Gasteiger partial charge in [0.25, 0.3) is 0 Å². The molecule has 0 saturated carbocycles. The van der Waals surface area contributed by atoms with Crippen molar-refractivity contribution in [1.82, 2.24) is 15.0 Å². The summed E-state index contributed by atoms with van der Waals surface area (Å²) in [5, 5.41) is 13.3. The highest BCUT2D eigenvalue weighted by atomic mass is 19.1. The van der Waals surface area contributed by atoms with Crippen molar-refractivity contribution >= 4 is 5.69 Å². The van der Waals surface area contributed by atoms with Crippen molar-refractivity contribution in [3.63, 3.8) is 0 Å². The van der Waals surface area contributed by atoms with Gasteiger partial charge in [0, 0.05) is 32.6 Å². The van der Waals surface area contributed by atoms with Crippen LogP contribution in [0.25, 0.3) is 0 Å². The summed E-state index contributed by atoms with van der Waals surface area (Å²) in [6.45, 7) is 3.56. The molecule has 0 bridgehead atoms. The zero-order chi connectivity index (χ0) is 19.3. The van der Waals surface area contributed by atoms with E-state index in [2.05, 4.69) is 15.0 Å². The van der Waals surface area contributed by atoms with Gasteiger partial charge in [-0.1, -0.05) is 41.6 Å². The van der Waals surface area contributed by atoms with Crippen LogP contribution in [0.2, 0.25) is 0 Å². The maximum Gasteiger partial charge on any atom is 0.240 e. The number of piperazine rings is 1. The van der Waals surface area contributed by atoms with Crippen LogP contribution in [-0.2, 0) is 13.0 Å². The highest BCUT2D eigenvalue weighted by Gasteiger charge is 2.22. The Morgan fingerprint density at radius 3 is 2.57 bits per heavy atom. The SMILES string of the molecule is N#Cc1c(F)cccc1N1CCN(Cc2nc(Cc3ccccc3)no2)CC1. The van der Waals surface area contributed by atoms with E-state index in [0.717, 1.165) is 18.7 Å². The van der Waals surface area contributed by atoms with Gasteiger partial charge in [0.2, 0.25) is 5.89 Å². The number of nitrogens with zero attached hydrogens (tertiary/aromatic N) is 5. The number of halogens is 1. The average Bonchev–Trinajstić information content (AvgIpc) is 3.16. The van der Waals surface area contributed by atoms with E-state index in [1.165, 1.54) is 6.07 Å². The van der Waals surface area contributed by atoms with E-state index in [1.807, 2.05) is 41.3 Å². The molecule has 0 radical (unpaired) electrons. The van der Waals surface area contributed by atoms with Gasteiger partial charge in [0.15, 0.2) is 5.82 Å². The van der Waals surface area contributed by atoms with Gasteiger partial charge >= 0.3 is 0 Å². The molecule has 0 aliphatic carbocycles. The summed E-state index contributed by atoms with van der Waals surface area (Å²) < 4.78 is 19.2. The molecule has 142 valence electrons. The van der Waals surface area contributed by atoms with Crippen molar-refractivity contribution in [2.45, 2.75) is 13.0 Å². The molecule has 0 N–H and O–H groups in total. The smallest absolute Gasteiger partial charge is 0.240 e. The van der Waals surface area contributed by atoms with Crippen LogP contribution in [0.5, 0.6) is 0 Å². The lowest BCUT2D eigenvalue weighted by atomic mass is 10.1. The zero-order valence-corrected chi connectivity index (χ0v) is 15.4. The Balaban J connectivity index is 1.34. The molecule has 0 atom stereocenters. The Hall–Kier alpha value is -3.24. The molecule has 2 heterocycles. The van der Waals surface area contributed by atoms with Crippen molar-refractivity contribution in [3.05, 3.63) is 77.2 Å². The second-order valence-electron chi connectivity index (χ2n) is 6.78. The first-order chi connectivity index (χ1) is 13.7. The second-order valence-corrected chi connectivity index (χ2v) is 6.78. The van der Waals surface area contributed by atoms with Gasteiger partial charge in [-0.05, 0) is 17.7 Å². The molecule has 0 amide bonds. The average molecular weight is 377 g/mol. The van der Waals surface area contributed by atoms with Gasteiger partial charge in [-0.15, -0.1) is 0 Å². The van der Waals surface area contributed by atoms with Crippen LogP contribution in [0.4, 0.5) is 10.1 Å². The molecule has 6 nitrogen and oxygen atoms in total. The normalized spacial score (nSPS) is 14.8. The lowest BCUT2D eigenvalue weighted by Gasteiger charge is -2.35. The monoisotopic (exact) mass is 377 g/mol. The lowest BCUT2D eigenvalue weighted by molar-refractivity contribution is 0.215. The summed E-state index contributed by atoms with van der Waals surface area (Å²) >= 11 is 0. The minimum absolute atomic E-state index is 0.110. The van der Waals surface area contributed by atoms with E-state index < -0.39 is 5.82 Å². The lowest BCUT2D eigenvalue weighted by Crippen LogP contribution is -2.46. The predicted octanol–water partition coefficient (Wildman–Crippen LogP) is 2.99. The van der Waals surface area contributed by atoms with Gasteiger partial charge < -0.3 is 9.42 Å². The highest BCUT2D eigenvalue weighted by Crippen LogP contribution is 2.24. The van der Waals surface area contributed by atoms with Gasteiger partial charge in [0.05, 0.1) is 12.2 Å². The van der Waals surface area contributed by atoms with Crippen LogP contribution in [0.3, 0.4) is 0 Å². The fourth-order valence-electron chi connectivity index (χ4n) is 3.43. The van der Waals surface area contributed by atoms with Crippen molar-refractivity contribution in [2.24, 2.45) is 0 Å². The molecule has 0 spiro atoms. The van der Waals surface area contributed by atoms with Crippen LogP contribution < -0.4 is 4.90 Å². The van der Waals surface area contributed by atoms with E-state index in [9.17, 15) is 9.65 Å². The standard InChI is InChI=1S/C21H20FN5O/c22-18-7-4-8-19(17(18)14-23)27-11-9-26(10-12-27)15-21-24-20(25-28-21)13-16-5-2-1-3-6-16/h1-8H,9-13,15H2. The van der Waals surface area contributed by atoms with Gasteiger partial charge in [-0.2, -0.15) is 10.2 Å². The molecule has 1 aromatic heterocycles. The van der Waals surface area contributed by atoms with Gasteiger partial charge in [-0.25, -0.2) is 4.39 Å².